The molecule has 0 saturated carbocycles. The van der Waals surface area contributed by atoms with E-state index in [4.69, 9.17) is 0 Å². The predicted molar refractivity (Wildman–Crippen MR) is 82.4 cm³/mol. The SMILES string of the molecule is C=CC(=O)Nc1ccc(C(CC)CC(C)(C)C)cc1. The highest BCUT2D eigenvalue weighted by atomic mass is 16.1. The first kappa shape index (κ1) is 15.5. The molecule has 0 aliphatic rings. The maximum Gasteiger partial charge on any atom is 0.247 e. The van der Waals surface area contributed by atoms with Crippen LogP contribution < -0.4 is 5.32 Å². The van der Waals surface area contributed by atoms with Crippen LogP contribution in [0.5, 0.6) is 0 Å². The summed E-state index contributed by atoms with van der Waals surface area (Å²) in [7, 11) is 0. The average Bonchev–Trinajstić information content (AvgIpc) is 2.35. The Morgan fingerprint density at radius 1 is 1.32 bits per heavy atom. The van der Waals surface area contributed by atoms with E-state index >= 15 is 0 Å². The zero-order valence-corrected chi connectivity index (χ0v) is 12.5. The average molecular weight is 259 g/mol. The van der Waals surface area contributed by atoms with Gasteiger partial charge in [0.1, 0.15) is 0 Å². The molecule has 1 amide bonds. The molecule has 0 saturated heterocycles. The maximum absolute atomic E-state index is 11.2. The van der Waals surface area contributed by atoms with E-state index in [0.717, 1.165) is 12.1 Å². The van der Waals surface area contributed by atoms with Crippen LogP contribution in [0.15, 0.2) is 36.9 Å². The molecule has 2 nitrogen and oxygen atoms in total. The van der Waals surface area contributed by atoms with Crippen molar-refractivity contribution in [2.75, 3.05) is 5.32 Å². The van der Waals surface area contributed by atoms with Crippen molar-refractivity contribution in [2.24, 2.45) is 5.41 Å². The largest absolute Gasteiger partial charge is 0.323 e. The second-order valence-electron chi connectivity index (χ2n) is 6.19. The molecule has 19 heavy (non-hydrogen) atoms. The van der Waals surface area contributed by atoms with Gasteiger partial charge in [0.2, 0.25) is 5.91 Å². The topological polar surface area (TPSA) is 29.1 Å². The van der Waals surface area contributed by atoms with Crippen molar-refractivity contribution in [3.05, 3.63) is 42.5 Å². The van der Waals surface area contributed by atoms with E-state index in [2.05, 4.69) is 51.7 Å². The van der Waals surface area contributed by atoms with Crippen molar-refractivity contribution >= 4 is 11.6 Å². The summed E-state index contributed by atoms with van der Waals surface area (Å²) in [6.07, 6.45) is 3.58. The Morgan fingerprint density at radius 3 is 2.32 bits per heavy atom. The predicted octanol–water partition coefficient (Wildman–Crippen LogP) is 4.74. The van der Waals surface area contributed by atoms with Gasteiger partial charge in [0.15, 0.2) is 0 Å². The van der Waals surface area contributed by atoms with Crippen LogP contribution in [0.4, 0.5) is 5.69 Å². The quantitative estimate of drug-likeness (QED) is 0.760. The third-order valence-corrected chi connectivity index (χ3v) is 3.19. The van der Waals surface area contributed by atoms with Gasteiger partial charge in [-0.25, -0.2) is 0 Å². The zero-order valence-electron chi connectivity index (χ0n) is 12.5. The van der Waals surface area contributed by atoms with Gasteiger partial charge in [-0.05, 0) is 47.9 Å². The summed E-state index contributed by atoms with van der Waals surface area (Å²) in [5.41, 5.74) is 2.49. The Morgan fingerprint density at radius 2 is 1.89 bits per heavy atom. The molecule has 1 rings (SSSR count). The van der Waals surface area contributed by atoms with E-state index in [0.29, 0.717) is 11.3 Å². The summed E-state index contributed by atoms with van der Waals surface area (Å²) in [6.45, 7) is 12.5. The number of carbonyl (C=O) groups excluding carboxylic acids is 1. The molecule has 1 atom stereocenters. The van der Waals surface area contributed by atoms with Crippen LogP contribution in [0.3, 0.4) is 0 Å². The molecule has 1 aromatic rings. The molecule has 0 radical (unpaired) electrons. The molecule has 2 heteroatoms. The van der Waals surface area contributed by atoms with Crippen LogP contribution >= 0.6 is 0 Å². The van der Waals surface area contributed by atoms with E-state index in [-0.39, 0.29) is 5.91 Å². The maximum atomic E-state index is 11.2. The van der Waals surface area contributed by atoms with Gasteiger partial charge in [-0.3, -0.25) is 4.79 Å². The van der Waals surface area contributed by atoms with E-state index in [1.807, 2.05) is 12.1 Å². The Balaban J connectivity index is 2.78. The number of nitrogens with one attached hydrogen (secondary N) is 1. The number of carbonyl (C=O) groups is 1. The highest BCUT2D eigenvalue weighted by Gasteiger charge is 2.18. The standard InChI is InChI=1S/C17H25NO/c1-6-13(12-17(3,4)5)14-8-10-15(11-9-14)18-16(19)7-2/h7-11,13H,2,6,12H2,1,3-5H3,(H,18,19). The normalized spacial score (nSPS) is 12.8. The molecule has 0 heterocycles. The molecular weight excluding hydrogens is 234 g/mol. The van der Waals surface area contributed by atoms with E-state index in [9.17, 15) is 4.79 Å². The third-order valence-electron chi connectivity index (χ3n) is 3.19. The summed E-state index contributed by atoms with van der Waals surface area (Å²) >= 11 is 0. The lowest BCUT2D eigenvalue weighted by atomic mass is 9.80. The monoisotopic (exact) mass is 259 g/mol. The van der Waals surface area contributed by atoms with Crippen LogP contribution in [-0.2, 0) is 4.79 Å². The first-order chi connectivity index (χ1) is 8.85. The smallest absolute Gasteiger partial charge is 0.247 e. The summed E-state index contributed by atoms with van der Waals surface area (Å²) in [5.74, 6) is 0.402. The van der Waals surface area contributed by atoms with Crippen molar-refractivity contribution in [1.82, 2.24) is 0 Å². The van der Waals surface area contributed by atoms with Crippen molar-refractivity contribution in [2.45, 2.75) is 46.5 Å². The molecule has 0 spiro atoms. The third kappa shape index (κ3) is 5.29. The van der Waals surface area contributed by atoms with Crippen LogP contribution in [0.2, 0.25) is 0 Å². The number of anilines is 1. The van der Waals surface area contributed by atoms with E-state index in [1.54, 1.807) is 0 Å². The Bertz CT molecular complexity index is 426. The minimum atomic E-state index is -0.172. The fourth-order valence-electron chi connectivity index (χ4n) is 2.27. The van der Waals surface area contributed by atoms with Gasteiger partial charge < -0.3 is 5.32 Å². The molecule has 0 fully saturated rings. The van der Waals surface area contributed by atoms with Crippen molar-refractivity contribution in [1.29, 1.82) is 0 Å². The Kier molecular flexibility index (Phi) is 5.34. The minimum Gasteiger partial charge on any atom is -0.323 e. The van der Waals surface area contributed by atoms with Crippen LogP contribution in [0.25, 0.3) is 0 Å². The van der Waals surface area contributed by atoms with Gasteiger partial charge in [0, 0.05) is 5.69 Å². The first-order valence-corrected chi connectivity index (χ1v) is 6.89. The van der Waals surface area contributed by atoms with Crippen molar-refractivity contribution in [3.8, 4) is 0 Å². The lowest BCUT2D eigenvalue weighted by Gasteiger charge is -2.25. The molecule has 0 aromatic heterocycles. The van der Waals surface area contributed by atoms with E-state index < -0.39 is 0 Å². The first-order valence-electron chi connectivity index (χ1n) is 6.89. The molecule has 104 valence electrons. The van der Waals surface area contributed by atoms with E-state index in [1.165, 1.54) is 18.1 Å². The van der Waals surface area contributed by atoms with Gasteiger partial charge >= 0.3 is 0 Å². The number of hydrogen-bond acceptors (Lipinski definition) is 1. The second kappa shape index (κ2) is 6.55. The Labute approximate surface area is 116 Å². The second-order valence-corrected chi connectivity index (χ2v) is 6.19. The summed E-state index contributed by atoms with van der Waals surface area (Å²) in [4.78, 5) is 11.2. The summed E-state index contributed by atoms with van der Waals surface area (Å²) < 4.78 is 0. The van der Waals surface area contributed by atoms with Gasteiger partial charge in [0.05, 0.1) is 0 Å². The van der Waals surface area contributed by atoms with Crippen LogP contribution in [-0.4, -0.2) is 5.91 Å². The van der Waals surface area contributed by atoms with Crippen molar-refractivity contribution in [3.63, 3.8) is 0 Å². The van der Waals surface area contributed by atoms with Gasteiger partial charge in [-0.1, -0.05) is 46.4 Å². The number of benzene rings is 1. The highest BCUT2D eigenvalue weighted by Crippen LogP contribution is 2.33. The van der Waals surface area contributed by atoms with Gasteiger partial charge in [-0.2, -0.15) is 0 Å². The fraction of sp³-hybridized carbons (Fsp3) is 0.471. The van der Waals surface area contributed by atoms with Crippen LogP contribution in [0.1, 0.15) is 52.0 Å². The molecular formula is C17H25NO. The Hall–Kier alpha value is -1.57. The number of rotatable bonds is 5. The molecule has 1 unspecified atom stereocenters. The molecule has 1 aromatic carbocycles. The van der Waals surface area contributed by atoms with Crippen LogP contribution in [0, 0.1) is 5.41 Å². The van der Waals surface area contributed by atoms with Gasteiger partial charge in [-0.15, -0.1) is 0 Å². The lowest BCUT2D eigenvalue weighted by molar-refractivity contribution is -0.111. The highest BCUT2D eigenvalue weighted by molar-refractivity contribution is 5.98. The summed E-state index contributed by atoms with van der Waals surface area (Å²) in [5, 5.41) is 2.77. The van der Waals surface area contributed by atoms with Gasteiger partial charge in [0.25, 0.3) is 0 Å². The number of amides is 1. The molecule has 0 aliphatic heterocycles. The summed E-state index contributed by atoms with van der Waals surface area (Å²) in [6, 6.07) is 8.14. The lowest BCUT2D eigenvalue weighted by Crippen LogP contribution is -2.12. The number of hydrogen-bond donors (Lipinski definition) is 1. The zero-order chi connectivity index (χ0) is 14.5. The van der Waals surface area contributed by atoms with Crippen molar-refractivity contribution < 1.29 is 4.79 Å². The molecule has 0 bridgehead atoms. The fourth-order valence-corrected chi connectivity index (χ4v) is 2.27. The minimum absolute atomic E-state index is 0.172. The molecule has 1 N–H and O–H groups in total. The molecule has 0 aliphatic carbocycles.